The smallest absolute Gasteiger partial charge is 0.326 e. The number of halogens is 2. The van der Waals surface area contributed by atoms with Crippen LogP contribution in [0.1, 0.15) is 5.56 Å². The number of amides is 1. The number of nitrogens with zero attached hydrogens (tertiary/aromatic N) is 1. The van der Waals surface area contributed by atoms with Crippen molar-refractivity contribution in [3.05, 3.63) is 29.8 Å². The number of hydrogen-bond donors (Lipinski definition) is 2. The van der Waals surface area contributed by atoms with Crippen LogP contribution >= 0.6 is 23.2 Å². The molecule has 1 aromatic carbocycles. The fraction of sp³-hybridized carbons (Fsp3) is 0.429. The lowest BCUT2D eigenvalue weighted by Crippen LogP contribution is -2.37. The summed E-state index contributed by atoms with van der Waals surface area (Å²) in [7, 11) is 0. The van der Waals surface area contributed by atoms with Crippen LogP contribution in [0.2, 0.25) is 0 Å². The number of carboxylic acids is 1. The molecule has 0 fully saturated rings. The summed E-state index contributed by atoms with van der Waals surface area (Å²) >= 11 is 11.5. The lowest BCUT2D eigenvalue weighted by molar-refractivity contribution is -0.140. The first-order valence-electron chi connectivity index (χ1n) is 6.50. The first-order chi connectivity index (χ1) is 10.1. The van der Waals surface area contributed by atoms with E-state index in [1.54, 1.807) is 0 Å². The molecular formula is C14H18Cl2N2O3. The standard InChI is InChI=1S/C14H18Cl2N2O3/c15-5-7-18(8-6-16)12-3-1-11(2-4-12)9-13(14(20)21)17-10-19/h1-4,10,13H,5-9H2,(H,17,19)(H,20,21)/t13-/m1/s1. The van der Waals surface area contributed by atoms with Crippen LogP contribution < -0.4 is 10.2 Å². The molecular weight excluding hydrogens is 315 g/mol. The molecule has 5 nitrogen and oxygen atoms in total. The highest BCUT2D eigenvalue weighted by atomic mass is 35.5. The number of aliphatic carboxylic acids is 1. The summed E-state index contributed by atoms with van der Waals surface area (Å²) in [6.45, 7) is 1.39. The van der Waals surface area contributed by atoms with Gasteiger partial charge in [-0.05, 0) is 17.7 Å². The number of carboxylic acid groups (broad SMARTS) is 1. The van der Waals surface area contributed by atoms with E-state index < -0.39 is 12.0 Å². The lowest BCUT2D eigenvalue weighted by Gasteiger charge is -2.23. The van der Waals surface area contributed by atoms with E-state index in [1.807, 2.05) is 24.3 Å². The highest BCUT2D eigenvalue weighted by Crippen LogP contribution is 2.16. The van der Waals surface area contributed by atoms with E-state index in [2.05, 4.69) is 10.2 Å². The van der Waals surface area contributed by atoms with Crippen LogP contribution in [0.4, 0.5) is 5.69 Å². The van der Waals surface area contributed by atoms with Crippen LogP contribution in [-0.2, 0) is 16.0 Å². The predicted molar refractivity (Wildman–Crippen MR) is 84.4 cm³/mol. The van der Waals surface area contributed by atoms with Crippen molar-refractivity contribution in [1.29, 1.82) is 0 Å². The molecule has 7 heteroatoms. The molecule has 0 aromatic heterocycles. The Labute approximate surface area is 133 Å². The Hall–Kier alpha value is -1.46. The van der Waals surface area contributed by atoms with Gasteiger partial charge in [0.1, 0.15) is 6.04 Å². The molecule has 0 aliphatic heterocycles. The minimum atomic E-state index is -1.06. The maximum absolute atomic E-state index is 11.0. The van der Waals surface area contributed by atoms with Gasteiger partial charge in [-0.2, -0.15) is 0 Å². The van der Waals surface area contributed by atoms with Gasteiger partial charge < -0.3 is 15.3 Å². The minimum absolute atomic E-state index is 0.235. The summed E-state index contributed by atoms with van der Waals surface area (Å²) < 4.78 is 0. The van der Waals surface area contributed by atoms with Gasteiger partial charge >= 0.3 is 5.97 Å². The number of alkyl halides is 2. The maximum atomic E-state index is 11.0. The summed E-state index contributed by atoms with van der Waals surface area (Å²) in [5.74, 6) is -0.0523. The molecule has 1 amide bonds. The lowest BCUT2D eigenvalue weighted by atomic mass is 10.1. The monoisotopic (exact) mass is 332 g/mol. The Balaban J connectivity index is 2.75. The van der Waals surface area contributed by atoms with E-state index in [9.17, 15) is 9.59 Å². The van der Waals surface area contributed by atoms with Crippen LogP contribution in [0.5, 0.6) is 0 Å². The van der Waals surface area contributed by atoms with Crippen LogP contribution in [0.3, 0.4) is 0 Å². The Morgan fingerprint density at radius 3 is 2.24 bits per heavy atom. The van der Waals surface area contributed by atoms with Gasteiger partial charge in [0.05, 0.1) is 0 Å². The normalized spacial score (nSPS) is 11.7. The largest absolute Gasteiger partial charge is 0.480 e. The molecule has 116 valence electrons. The molecule has 1 aromatic rings. The van der Waals surface area contributed by atoms with Gasteiger partial charge in [0.15, 0.2) is 0 Å². The number of carbonyl (C=O) groups excluding carboxylic acids is 1. The summed E-state index contributed by atoms with van der Waals surface area (Å²) in [6, 6.07) is 6.55. The van der Waals surface area contributed by atoms with Crippen LogP contribution in [0, 0.1) is 0 Å². The number of anilines is 1. The molecule has 0 heterocycles. The molecule has 1 rings (SSSR count). The molecule has 0 bridgehead atoms. The van der Waals surface area contributed by atoms with E-state index in [0.29, 0.717) is 31.3 Å². The van der Waals surface area contributed by atoms with Crippen molar-refractivity contribution in [2.24, 2.45) is 0 Å². The number of hydrogen-bond acceptors (Lipinski definition) is 3. The van der Waals surface area contributed by atoms with Crippen molar-refractivity contribution in [3.63, 3.8) is 0 Å². The first kappa shape index (κ1) is 17.6. The van der Waals surface area contributed by atoms with Gasteiger partial charge in [-0.15, -0.1) is 23.2 Å². The van der Waals surface area contributed by atoms with Crippen LogP contribution in [0.15, 0.2) is 24.3 Å². The molecule has 0 unspecified atom stereocenters. The number of benzene rings is 1. The molecule has 0 saturated heterocycles. The van der Waals surface area contributed by atoms with Crippen molar-refractivity contribution in [3.8, 4) is 0 Å². The second-order valence-electron chi connectivity index (χ2n) is 4.41. The Morgan fingerprint density at radius 1 is 1.24 bits per heavy atom. The van der Waals surface area contributed by atoms with Gasteiger partial charge in [-0.25, -0.2) is 4.79 Å². The minimum Gasteiger partial charge on any atom is -0.480 e. The first-order valence-corrected chi connectivity index (χ1v) is 7.57. The molecule has 0 spiro atoms. The Morgan fingerprint density at radius 2 is 1.81 bits per heavy atom. The topological polar surface area (TPSA) is 69.6 Å². The van der Waals surface area contributed by atoms with Crippen molar-refractivity contribution in [1.82, 2.24) is 5.32 Å². The molecule has 0 aliphatic carbocycles. The average Bonchev–Trinajstić information content (AvgIpc) is 2.47. The van der Waals surface area contributed by atoms with Crippen molar-refractivity contribution in [2.45, 2.75) is 12.5 Å². The average molecular weight is 333 g/mol. The van der Waals surface area contributed by atoms with Crippen molar-refractivity contribution >= 4 is 41.3 Å². The molecule has 1 atom stereocenters. The van der Waals surface area contributed by atoms with Crippen molar-refractivity contribution < 1.29 is 14.7 Å². The van der Waals surface area contributed by atoms with Crippen LogP contribution in [-0.4, -0.2) is 48.4 Å². The third kappa shape index (κ3) is 5.81. The zero-order chi connectivity index (χ0) is 15.7. The van der Waals surface area contributed by atoms with E-state index in [0.717, 1.165) is 11.3 Å². The molecule has 2 N–H and O–H groups in total. The van der Waals surface area contributed by atoms with Crippen LogP contribution in [0.25, 0.3) is 0 Å². The van der Waals surface area contributed by atoms with Gasteiger partial charge in [-0.1, -0.05) is 12.1 Å². The second kappa shape index (κ2) is 9.47. The second-order valence-corrected chi connectivity index (χ2v) is 5.17. The Bertz CT molecular complexity index is 448. The third-order valence-electron chi connectivity index (χ3n) is 3.02. The molecule has 0 radical (unpaired) electrons. The highest BCUT2D eigenvalue weighted by Gasteiger charge is 2.16. The van der Waals surface area contributed by atoms with E-state index in [-0.39, 0.29) is 6.42 Å². The maximum Gasteiger partial charge on any atom is 0.326 e. The number of rotatable bonds is 10. The predicted octanol–water partition coefficient (Wildman–Crippen LogP) is 1.71. The zero-order valence-electron chi connectivity index (χ0n) is 11.5. The molecule has 0 saturated carbocycles. The van der Waals surface area contributed by atoms with E-state index in [4.69, 9.17) is 28.3 Å². The summed E-state index contributed by atoms with van der Waals surface area (Å²) in [4.78, 5) is 23.4. The quantitative estimate of drug-likeness (QED) is 0.505. The molecule has 0 aliphatic rings. The fourth-order valence-electron chi connectivity index (χ4n) is 1.95. The van der Waals surface area contributed by atoms with E-state index in [1.165, 1.54) is 0 Å². The Kier molecular flexibility index (Phi) is 7.93. The zero-order valence-corrected chi connectivity index (χ0v) is 13.0. The SMILES string of the molecule is O=CN[C@H](Cc1ccc(N(CCCl)CCCl)cc1)C(=O)O. The number of carbonyl (C=O) groups is 2. The highest BCUT2D eigenvalue weighted by molar-refractivity contribution is 6.18. The summed E-state index contributed by atoms with van der Waals surface area (Å²) in [6.07, 6.45) is 0.634. The van der Waals surface area contributed by atoms with Gasteiger partial charge in [0, 0.05) is 37.0 Å². The number of nitrogens with one attached hydrogen (secondary N) is 1. The molecule has 21 heavy (non-hydrogen) atoms. The van der Waals surface area contributed by atoms with E-state index >= 15 is 0 Å². The van der Waals surface area contributed by atoms with Gasteiger partial charge in [-0.3, -0.25) is 4.79 Å². The summed E-state index contributed by atoms with van der Waals surface area (Å²) in [5, 5.41) is 11.3. The van der Waals surface area contributed by atoms with Crippen molar-refractivity contribution in [2.75, 3.05) is 29.7 Å². The van der Waals surface area contributed by atoms with Gasteiger partial charge in [0.25, 0.3) is 0 Å². The van der Waals surface area contributed by atoms with Gasteiger partial charge in [0.2, 0.25) is 6.41 Å². The summed E-state index contributed by atoms with van der Waals surface area (Å²) in [5.41, 5.74) is 1.81. The third-order valence-corrected chi connectivity index (χ3v) is 3.36. The fourth-order valence-corrected chi connectivity index (χ4v) is 2.36.